The summed E-state index contributed by atoms with van der Waals surface area (Å²) in [6, 6.07) is 5.75. The van der Waals surface area contributed by atoms with Gasteiger partial charge in [0.25, 0.3) is 0 Å². The molecule has 0 unspecified atom stereocenters. The van der Waals surface area contributed by atoms with Crippen LogP contribution in [0.2, 0.25) is 0 Å². The number of aromatic amines is 1. The zero-order valence-electron chi connectivity index (χ0n) is 15.1. The van der Waals surface area contributed by atoms with Gasteiger partial charge in [0.05, 0.1) is 25.8 Å². The zero-order chi connectivity index (χ0) is 18.0. The van der Waals surface area contributed by atoms with Crippen LogP contribution in [0.3, 0.4) is 0 Å². The first-order valence-corrected chi connectivity index (χ1v) is 8.08. The number of hydrogen-bond acceptors (Lipinski definition) is 6. The van der Waals surface area contributed by atoms with E-state index in [1.807, 2.05) is 39.0 Å². The molecule has 0 fully saturated rings. The molecule has 7 nitrogen and oxygen atoms in total. The molecule has 132 valence electrons. The SMILES string of the molecule is COc1ccc(Cc2noc([C@H](C)c3c(C)n[nH]c3C)n2)cc1OC. The topological polar surface area (TPSA) is 86.1 Å². The molecule has 0 aliphatic carbocycles. The first kappa shape index (κ1) is 17.0. The molecule has 3 rings (SSSR count). The molecule has 0 spiro atoms. The highest BCUT2D eigenvalue weighted by molar-refractivity contribution is 5.43. The lowest BCUT2D eigenvalue weighted by atomic mass is 9.99. The Labute approximate surface area is 146 Å². The molecule has 0 saturated carbocycles. The van der Waals surface area contributed by atoms with Gasteiger partial charge < -0.3 is 14.0 Å². The first-order chi connectivity index (χ1) is 12.0. The second kappa shape index (κ2) is 6.96. The van der Waals surface area contributed by atoms with E-state index in [0.29, 0.717) is 29.6 Å². The molecular weight excluding hydrogens is 320 g/mol. The number of methoxy groups -OCH3 is 2. The number of aryl methyl sites for hydroxylation is 2. The van der Waals surface area contributed by atoms with E-state index in [0.717, 1.165) is 22.5 Å². The lowest BCUT2D eigenvalue weighted by molar-refractivity contribution is 0.354. The Kier molecular flexibility index (Phi) is 4.74. The minimum atomic E-state index is -0.00889. The highest BCUT2D eigenvalue weighted by Crippen LogP contribution is 2.29. The number of benzene rings is 1. The number of hydrogen-bond donors (Lipinski definition) is 1. The van der Waals surface area contributed by atoms with Crippen molar-refractivity contribution in [3.63, 3.8) is 0 Å². The number of nitrogens with one attached hydrogen (secondary N) is 1. The van der Waals surface area contributed by atoms with Gasteiger partial charge in [-0.1, -0.05) is 11.2 Å². The molecular formula is C18H22N4O3. The minimum Gasteiger partial charge on any atom is -0.493 e. The quantitative estimate of drug-likeness (QED) is 0.740. The summed E-state index contributed by atoms with van der Waals surface area (Å²) >= 11 is 0. The molecule has 1 atom stereocenters. The van der Waals surface area contributed by atoms with Crippen LogP contribution in [0.25, 0.3) is 0 Å². The zero-order valence-corrected chi connectivity index (χ0v) is 15.1. The maximum absolute atomic E-state index is 5.48. The Balaban J connectivity index is 1.80. The van der Waals surface area contributed by atoms with Crippen molar-refractivity contribution in [2.45, 2.75) is 33.1 Å². The van der Waals surface area contributed by atoms with E-state index in [-0.39, 0.29) is 5.92 Å². The Morgan fingerprint density at radius 1 is 1.16 bits per heavy atom. The number of rotatable bonds is 6. The third-order valence-electron chi connectivity index (χ3n) is 4.28. The summed E-state index contributed by atoms with van der Waals surface area (Å²) in [6.45, 7) is 6.00. The molecule has 1 N–H and O–H groups in total. The van der Waals surface area contributed by atoms with Gasteiger partial charge >= 0.3 is 0 Å². The summed E-state index contributed by atoms with van der Waals surface area (Å²) in [5.41, 5.74) is 4.09. The summed E-state index contributed by atoms with van der Waals surface area (Å²) in [7, 11) is 3.23. The van der Waals surface area contributed by atoms with Crippen molar-refractivity contribution in [2.24, 2.45) is 0 Å². The minimum absolute atomic E-state index is 0.00889. The van der Waals surface area contributed by atoms with Crippen LogP contribution in [0, 0.1) is 13.8 Å². The van der Waals surface area contributed by atoms with Gasteiger partial charge in [-0.15, -0.1) is 0 Å². The van der Waals surface area contributed by atoms with Gasteiger partial charge in [-0.05, 0) is 38.5 Å². The lowest BCUT2D eigenvalue weighted by Crippen LogP contribution is -2.00. The number of H-pyrrole nitrogens is 1. The second-order valence-electron chi connectivity index (χ2n) is 5.98. The maximum Gasteiger partial charge on any atom is 0.234 e. The molecule has 2 heterocycles. The lowest BCUT2D eigenvalue weighted by Gasteiger charge is -2.08. The molecule has 0 bridgehead atoms. The van der Waals surface area contributed by atoms with Crippen molar-refractivity contribution in [1.82, 2.24) is 20.3 Å². The monoisotopic (exact) mass is 342 g/mol. The molecule has 0 aliphatic rings. The molecule has 0 aliphatic heterocycles. The first-order valence-electron chi connectivity index (χ1n) is 8.08. The van der Waals surface area contributed by atoms with Crippen LogP contribution in [0.15, 0.2) is 22.7 Å². The van der Waals surface area contributed by atoms with E-state index in [2.05, 4.69) is 20.3 Å². The largest absolute Gasteiger partial charge is 0.493 e. The van der Waals surface area contributed by atoms with Crippen molar-refractivity contribution in [3.05, 3.63) is 52.4 Å². The number of ether oxygens (including phenoxy) is 2. The van der Waals surface area contributed by atoms with Gasteiger partial charge in [-0.25, -0.2) is 0 Å². The van der Waals surface area contributed by atoms with Crippen molar-refractivity contribution in [1.29, 1.82) is 0 Å². The summed E-state index contributed by atoms with van der Waals surface area (Å²) in [4.78, 5) is 4.55. The third kappa shape index (κ3) is 3.35. The summed E-state index contributed by atoms with van der Waals surface area (Å²) in [6.07, 6.45) is 0.555. The van der Waals surface area contributed by atoms with Crippen LogP contribution in [-0.2, 0) is 6.42 Å². The fourth-order valence-electron chi connectivity index (χ4n) is 3.01. The second-order valence-corrected chi connectivity index (χ2v) is 5.98. The maximum atomic E-state index is 5.48. The van der Waals surface area contributed by atoms with Crippen LogP contribution in [0.5, 0.6) is 11.5 Å². The summed E-state index contributed by atoms with van der Waals surface area (Å²) in [5.74, 6) is 2.59. The van der Waals surface area contributed by atoms with Crippen molar-refractivity contribution >= 4 is 0 Å². The molecule has 7 heteroatoms. The van der Waals surface area contributed by atoms with Crippen LogP contribution in [-0.4, -0.2) is 34.6 Å². The van der Waals surface area contributed by atoms with E-state index in [9.17, 15) is 0 Å². The van der Waals surface area contributed by atoms with Crippen LogP contribution in [0.1, 0.15) is 47.1 Å². The average molecular weight is 342 g/mol. The normalized spacial score (nSPS) is 12.2. The Bertz CT molecular complexity index is 850. The molecule has 25 heavy (non-hydrogen) atoms. The summed E-state index contributed by atoms with van der Waals surface area (Å²) < 4.78 is 16.1. The van der Waals surface area contributed by atoms with Crippen LogP contribution in [0.4, 0.5) is 0 Å². The van der Waals surface area contributed by atoms with Gasteiger partial charge in [0.2, 0.25) is 5.89 Å². The van der Waals surface area contributed by atoms with E-state index < -0.39 is 0 Å². The standard InChI is InChI=1S/C18H22N4O3/c1-10(17-11(2)20-21-12(17)3)18-19-16(22-25-18)9-13-6-7-14(23-4)15(8-13)24-5/h6-8,10H,9H2,1-5H3,(H,20,21)/t10-/m1/s1. The molecule has 3 aromatic rings. The van der Waals surface area contributed by atoms with Gasteiger partial charge in [0.1, 0.15) is 0 Å². The van der Waals surface area contributed by atoms with Crippen molar-refractivity contribution in [2.75, 3.05) is 14.2 Å². The smallest absolute Gasteiger partial charge is 0.234 e. The van der Waals surface area contributed by atoms with E-state index in [1.165, 1.54) is 0 Å². The van der Waals surface area contributed by atoms with E-state index in [4.69, 9.17) is 14.0 Å². The predicted octanol–water partition coefficient (Wildman–Crippen LogP) is 3.17. The van der Waals surface area contributed by atoms with Crippen LogP contribution >= 0.6 is 0 Å². The Hall–Kier alpha value is -2.83. The average Bonchev–Trinajstić information content (AvgIpc) is 3.21. The Morgan fingerprint density at radius 3 is 2.56 bits per heavy atom. The molecule has 0 amide bonds. The highest BCUT2D eigenvalue weighted by atomic mass is 16.5. The van der Waals surface area contributed by atoms with Gasteiger partial charge in [-0.3, -0.25) is 5.10 Å². The molecule has 0 saturated heterocycles. The summed E-state index contributed by atoms with van der Waals surface area (Å²) in [5, 5.41) is 11.3. The van der Waals surface area contributed by atoms with Gasteiger partial charge in [0.15, 0.2) is 17.3 Å². The van der Waals surface area contributed by atoms with Crippen molar-refractivity contribution < 1.29 is 14.0 Å². The third-order valence-corrected chi connectivity index (χ3v) is 4.28. The van der Waals surface area contributed by atoms with Crippen LogP contribution < -0.4 is 9.47 Å². The fourth-order valence-corrected chi connectivity index (χ4v) is 3.01. The molecule has 0 radical (unpaired) electrons. The predicted molar refractivity (Wildman–Crippen MR) is 92.2 cm³/mol. The highest BCUT2D eigenvalue weighted by Gasteiger charge is 2.22. The molecule has 1 aromatic carbocycles. The Morgan fingerprint density at radius 2 is 1.92 bits per heavy atom. The number of aromatic nitrogens is 4. The molecule has 2 aromatic heterocycles. The van der Waals surface area contributed by atoms with Gasteiger partial charge in [-0.2, -0.15) is 10.1 Å². The number of nitrogens with zero attached hydrogens (tertiary/aromatic N) is 3. The van der Waals surface area contributed by atoms with Crippen molar-refractivity contribution in [3.8, 4) is 11.5 Å². The fraction of sp³-hybridized carbons (Fsp3) is 0.389. The van der Waals surface area contributed by atoms with E-state index >= 15 is 0 Å². The van der Waals surface area contributed by atoms with E-state index in [1.54, 1.807) is 14.2 Å². The van der Waals surface area contributed by atoms with Gasteiger partial charge in [0, 0.05) is 17.7 Å².